The van der Waals surface area contributed by atoms with Gasteiger partial charge in [-0.15, -0.1) is 0 Å². The lowest BCUT2D eigenvalue weighted by Crippen LogP contribution is -2.42. The van der Waals surface area contributed by atoms with Crippen LogP contribution in [-0.2, 0) is 0 Å². The lowest BCUT2D eigenvalue weighted by atomic mass is 9.90. The standard InChI is InChI=1S/C17H28N2O2/c1-14(18-2)15-8-10-19(11-9-15)12-13-21-17-7-5-4-6-16(17)20-3/h4-7,14-15,18H,8-13H2,1-3H3. The molecule has 118 valence electrons. The highest BCUT2D eigenvalue weighted by atomic mass is 16.5. The second kappa shape index (κ2) is 8.25. The average Bonchev–Trinajstić information content (AvgIpc) is 2.55. The van der Waals surface area contributed by atoms with E-state index < -0.39 is 0 Å². The average molecular weight is 292 g/mol. The van der Waals surface area contributed by atoms with Crippen LogP contribution in [0.2, 0.25) is 0 Å². The summed E-state index contributed by atoms with van der Waals surface area (Å²) in [6.45, 7) is 6.33. The van der Waals surface area contributed by atoms with Crippen LogP contribution in [0.15, 0.2) is 24.3 Å². The van der Waals surface area contributed by atoms with Gasteiger partial charge in [-0.3, -0.25) is 4.90 Å². The Morgan fingerprint density at radius 1 is 1.24 bits per heavy atom. The Morgan fingerprint density at radius 3 is 2.52 bits per heavy atom. The molecule has 21 heavy (non-hydrogen) atoms. The Kier molecular flexibility index (Phi) is 6.33. The van der Waals surface area contributed by atoms with Crippen molar-refractivity contribution in [2.24, 2.45) is 5.92 Å². The Balaban J connectivity index is 1.70. The predicted molar refractivity (Wildman–Crippen MR) is 86.2 cm³/mol. The van der Waals surface area contributed by atoms with E-state index in [1.807, 2.05) is 24.3 Å². The quantitative estimate of drug-likeness (QED) is 0.837. The van der Waals surface area contributed by atoms with E-state index in [4.69, 9.17) is 9.47 Å². The molecule has 0 bridgehead atoms. The van der Waals surface area contributed by atoms with Crippen molar-refractivity contribution in [3.05, 3.63) is 24.3 Å². The number of nitrogens with zero attached hydrogens (tertiary/aromatic N) is 1. The summed E-state index contributed by atoms with van der Waals surface area (Å²) in [5.41, 5.74) is 0. The third-order valence-electron chi connectivity index (χ3n) is 4.53. The molecule has 1 aliphatic heterocycles. The number of ether oxygens (including phenoxy) is 2. The van der Waals surface area contributed by atoms with E-state index in [9.17, 15) is 0 Å². The molecule has 1 atom stereocenters. The lowest BCUT2D eigenvalue weighted by molar-refractivity contribution is 0.141. The van der Waals surface area contributed by atoms with Crippen LogP contribution in [0.3, 0.4) is 0 Å². The van der Waals surface area contributed by atoms with Gasteiger partial charge in [0.15, 0.2) is 11.5 Å². The van der Waals surface area contributed by atoms with Crippen LogP contribution in [0.5, 0.6) is 11.5 Å². The molecule has 0 radical (unpaired) electrons. The number of nitrogens with one attached hydrogen (secondary N) is 1. The number of methoxy groups -OCH3 is 1. The maximum atomic E-state index is 5.85. The van der Waals surface area contributed by atoms with Crippen molar-refractivity contribution in [1.29, 1.82) is 0 Å². The molecule has 1 fully saturated rings. The molecule has 0 aromatic heterocycles. The molecule has 1 unspecified atom stereocenters. The van der Waals surface area contributed by atoms with Gasteiger partial charge in [-0.2, -0.15) is 0 Å². The summed E-state index contributed by atoms with van der Waals surface area (Å²) in [5.74, 6) is 2.44. The summed E-state index contributed by atoms with van der Waals surface area (Å²) < 4.78 is 11.1. The molecule has 1 saturated heterocycles. The van der Waals surface area contributed by atoms with Crippen molar-refractivity contribution < 1.29 is 9.47 Å². The fraction of sp³-hybridized carbons (Fsp3) is 0.647. The largest absolute Gasteiger partial charge is 0.493 e. The molecule has 1 aliphatic rings. The first kappa shape index (κ1) is 16.1. The van der Waals surface area contributed by atoms with Gasteiger partial charge in [-0.05, 0) is 58.0 Å². The molecule has 4 nitrogen and oxygen atoms in total. The van der Waals surface area contributed by atoms with Crippen LogP contribution in [-0.4, -0.2) is 51.3 Å². The van der Waals surface area contributed by atoms with Gasteiger partial charge in [-0.1, -0.05) is 12.1 Å². The van der Waals surface area contributed by atoms with E-state index in [-0.39, 0.29) is 0 Å². The van der Waals surface area contributed by atoms with E-state index >= 15 is 0 Å². The number of benzene rings is 1. The number of hydrogen-bond donors (Lipinski definition) is 1. The maximum Gasteiger partial charge on any atom is 0.161 e. The zero-order valence-corrected chi connectivity index (χ0v) is 13.5. The van der Waals surface area contributed by atoms with E-state index in [0.29, 0.717) is 12.6 Å². The molecular formula is C17H28N2O2. The fourth-order valence-corrected chi connectivity index (χ4v) is 2.93. The van der Waals surface area contributed by atoms with E-state index in [0.717, 1.165) is 24.0 Å². The second-order valence-corrected chi connectivity index (χ2v) is 5.76. The van der Waals surface area contributed by atoms with Gasteiger partial charge in [0, 0.05) is 12.6 Å². The first-order valence-corrected chi connectivity index (χ1v) is 7.90. The minimum absolute atomic E-state index is 0.622. The van der Waals surface area contributed by atoms with Crippen LogP contribution < -0.4 is 14.8 Å². The summed E-state index contributed by atoms with van der Waals surface area (Å²) in [6.07, 6.45) is 2.55. The smallest absolute Gasteiger partial charge is 0.161 e. The van der Waals surface area contributed by atoms with Crippen molar-refractivity contribution in [1.82, 2.24) is 10.2 Å². The highest BCUT2D eigenvalue weighted by Crippen LogP contribution is 2.26. The fourth-order valence-electron chi connectivity index (χ4n) is 2.93. The number of hydrogen-bond acceptors (Lipinski definition) is 4. The first-order chi connectivity index (χ1) is 10.2. The first-order valence-electron chi connectivity index (χ1n) is 7.90. The van der Waals surface area contributed by atoms with Crippen molar-refractivity contribution in [2.45, 2.75) is 25.8 Å². The molecule has 0 saturated carbocycles. The molecule has 4 heteroatoms. The van der Waals surface area contributed by atoms with Gasteiger partial charge in [0.25, 0.3) is 0 Å². The van der Waals surface area contributed by atoms with E-state index in [2.05, 4.69) is 24.2 Å². The Morgan fingerprint density at radius 2 is 1.90 bits per heavy atom. The number of rotatable bonds is 7. The molecule has 0 amide bonds. The molecule has 0 spiro atoms. The minimum Gasteiger partial charge on any atom is -0.493 e. The molecule has 1 N–H and O–H groups in total. The highest BCUT2D eigenvalue weighted by Gasteiger charge is 2.22. The monoisotopic (exact) mass is 292 g/mol. The van der Waals surface area contributed by atoms with Gasteiger partial charge in [-0.25, -0.2) is 0 Å². The third-order valence-corrected chi connectivity index (χ3v) is 4.53. The molecule has 2 rings (SSSR count). The Labute approximate surface area is 128 Å². The lowest BCUT2D eigenvalue weighted by Gasteiger charge is -2.34. The molecule has 1 aromatic rings. The van der Waals surface area contributed by atoms with Crippen molar-refractivity contribution >= 4 is 0 Å². The molecule has 1 heterocycles. The number of likely N-dealkylation sites (tertiary alicyclic amines) is 1. The van der Waals surface area contributed by atoms with Crippen molar-refractivity contribution in [2.75, 3.05) is 40.4 Å². The van der Waals surface area contributed by atoms with E-state index in [1.54, 1.807) is 7.11 Å². The van der Waals surface area contributed by atoms with Crippen LogP contribution in [0.25, 0.3) is 0 Å². The van der Waals surface area contributed by atoms with Crippen LogP contribution in [0.1, 0.15) is 19.8 Å². The summed E-state index contributed by atoms with van der Waals surface area (Å²) in [4.78, 5) is 2.49. The highest BCUT2D eigenvalue weighted by molar-refractivity contribution is 5.39. The third kappa shape index (κ3) is 4.61. The number of para-hydroxylation sites is 2. The maximum absolute atomic E-state index is 5.85. The zero-order chi connectivity index (χ0) is 15.1. The predicted octanol–water partition coefficient (Wildman–Crippen LogP) is 2.39. The topological polar surface area (TPSA) is 33.7 Å². The Bertz CT molecular complexity index is 417. The van der Waals surface area contributed by atoms with Crippen LogP contribution in [0.4, 0.5) is 0 Å². The molecular weight excluding hydrogens is 264 g/mol. The van der Waals surface area contributed by atoms with Crippen LogP contribution in [0, 0.1) is 5.92 Å². The molecule has 1 aromatic carbocycles. The van der Waals surface area contributed by atoms with Crippen molar-refractivity contribution in [3.8, 4) is 11.5 Å². The summed E-state index contributed by atoms with van der Waals surface area (Å²) in [5, 5.41) is 3.37. The van der Waals surface area contributed by atoms with Gasteiger partial charge in [0.2, 0.25) is 0 Å². The second-order valence-electron chi connectivity index (χ2n) is 5.76. The van der Waals surface area contributed by atoms with E-state index in [1.165, 1.54) is 25.9 Å². The normalized spacial score (nSPS) is 18.4. The van der Waals surface area contributed by atoms with Crippen molar-refractivity contribution in [3.63, 3.8) is 0 Å². The minimum atomic E-state index is 0.622. The molecule has 0 aliphatic carbocycles. The summed E-state index contributed by atoms with van der Waals surface area (Å²) >= 11 is 0. The van der Waals surface area contributed by atoms with Crippen LogP contribution >= 0.6 is 0 Å². The SMILES string of the molecule is CNC(C)C1CCN(CCOc2ccccc2OC)CC1. The number of piperidine rings is 1. The Hall–Kier alpha value is -1.26. The zero-order valence-electron chi connectivity index (χ0n) is 13.5. The summed E-state index contributed by atoms with van der Waals surface area (Å²) in [6, 6.07) is 8.44. The van der Waals surface area contributed by atoms with Gasteiger partial charge in [0.05, 0.1) is 7.11 Å². The van der Waals surface area contributed by atoms with Gasteiger partial charge >= 0.3 is 0 Å². The van der Waals surface area contributed by atoms with Gasteiger partial charge < -0.3 is 14.8 Å². The van der Waals surface area contributed by atoms with Gasteiger partial charge in [0.1, 0.15) is 6.61 Å². The summed E-state index contributed by atoms with van der Waals surface area (Å²) in [7, 11) is 3.73.